The Hall–Kier alpha value is -5.73. The first-order valence-electron chi connectivity index (χ1n) is 19.4. The largest absolute Gasteiger partial charge is 0.507 e. The Morgan fingerprint density at radius 3 is 2.30 bits per heavy atom. The van der Waals surface area contributed by atoms with Crippen molar-refractivity contribution in [2.75, 3.05) is 27.1 Å². The van der Waals surface area contributed by atoms with E-state index in [0.717, 1.165) is 0 Å². The fraction of sp³-hybridized carbons (Fsp3) is 0.488. The van der Waals surface area contributed by atoms with Crippen LogP contribution in [0.2, 0.25) is 0 Å². The molecule has 0 radical (unpaired) electrons. The summed E-state index contributed by atoms with van der Waals surface area (Å²) < 4.78 is 27.6. The molecule has 7 rings (SSSR count). The number of nitrogens with zero attached hydrogens (tertiary/aromatic N) is 1. The lowest BCUT2D eigenvalue weighted by atomic mass is 9.72. The Labute approximate surface area is 341 Å². The van der Waals surface area contributed by atoms with Crippen molar-refractivity contribution >= 4 is 41.2 Å². The van der Waals surface area contributed by atoms with Crippen molar-refractivity contribution < 1.29 is 82.8 Å². The minimum absolute atomic E-state index is 0.0342. The second kappa shape index (κ2) is 16.7. The van der Waals surface area contributed by atoms with Gasteiger partial charge in [-0.3, -0.25) is 33.7 Å². The molecule has 2 aromatic rings. The van der Waals surface area contributed by atoms with Crippen LogP contribution in [0.5, 0.6) is 17.2 Å². The van der Waals surface area contributed by atoms with E-state index in [1.54, 1.807) is 0 Å². The van der Waals surface area contributed by atoms with Crippen LogP contribution in [0.4, 0.5) is 4.79 Å². The first kappa shape index (κ1) is 42.4. The fourth-order valence-electron chi connectivity index (χ4n) is 8.76. The van der Waals surface area contributed by atoms with Crippen LogP contribution < -0.4 is 10.1 Å². The molecule has 1 saturated carbocycles. The van der Waals surface area contributed by atoms with Crippen LogP contribution in [0.25, 0.3) is 0 Å². The van der Waals surface area contributed by atoms with Gasteiger partial charge in [-0.25, -0.2) is 4.79 Å². The zero-order valence-corrected chi connectivity index (χ0v) is 32.6. The molecule has 0 spiro atoms. The molecule has 2 aromatic carbocycles. The predicted octanol–water partition coefficient (Wildman–Crippen LogP) is 1.00. The van der Waals surface area contributed by atoms with E-state index in [-0.39, 0.29) is 58.7 Å². The van der Waals surface area contributed by atoms with Crippen LogP contribution in [-0.2, 0) is 44.5 Å². The number of aliphatic hydroxyl groups is 3. The van der Waals surface area contributed by atoms with Gasteiger partial charge < -0.3 is 54.5 Å². The summed E-state index contributed by atoms with van der Waals surface area (Å²) in [5.74, 6) is -6.06. The van der Waals surface area contributed by atoms with Crippen molar-refractivity contribution in [3.8, 4) is 17.2 Å². The fourth-order valence-corrected chi connectivity index (χ4v) is 8.76. The van der Waals surface area contributed by atoms with Crippen LogP contribution in [0, 0.1) is 11.8 Å². The third-order valence-corrected chi connectivity index (χ3v) is 12.0. The topological polar surface area (TPSA) is 282 Å². The van der Waals surface area contributed by atoms with E-state index in [1.807, 2.05) is 0 Å². The number of nitrogens with one attached hydrogen (secondary N) is 1. The highest BCUT2D eigenvalue weighted by atomic mass is 16.7. The number of phenolic OH excluding ortho intramolecular Hbond substituents is 2. The second-order valence-corrected chi connectivity index (χ2v) is 15.6. The number of phenols is 2. The van der Waals surface area contributed by atoms with Crippen LogP contribution in [0.1, 0.15) is 94.5 Å². The van der Waals surface area contributed by atoms with E-state index in [2.05, 4.69) is 5.32 Å². The Morgan fingerprint density at radius 2 is 1.63 bits per heavy atom. The van der Waals surface area contributed by atoms with Crippen LogP contribution in [0.3, 0.4) is 0 Å². The SMILES string of the molecule is COc1cccc2c1C(=O)c1c(O)c3c(c(O)c1C2=O)C[C@@](O)(C(=O)CO)C[C@@H]3O[C@H]1C[C@H](NC(=O)OCOC(=O)C2CCC(CN3C(=O)C=CC3=O)CC2)[C@H](O)[C@H](C)O1. The summed E-state index contributed by atoms with van der Waals surface area (Å²) in [5.41, 5.74) is -4.32. The van der Waals surface area contributed by atoms with E-state index in [1.165, 1.54) is 49.3 Å². The monoisotopic (exact) mass is 836 g/mol. The van der Waals surface area contributed by atoms with Gasteiger partial charge >= 0.3 is 12.1 Å². The number of ketones is 3. The lowest BCUT2D eigenvalue weighted by Gasteiger charge is -2.42. The average molecular weight is 837 g/mol. The van der Waals surface area contributed by atoms with Gasteiger partial charge in [-0.1, -0.05) is 12.1 Å². The number of hydrogen-bond acceptors (Lipinski definition) is 17. The van der Waals surface area contributed by atoms with Gasteiger partial charge in [0.25, 0.3) is 11.8 Å². The molecule has 320 valence electrons. The smallest absolute Gasteiger partial charge is 0.410 e. The third-order valence-electron chi connectivity index (χ3n) is 12.0. The standard InChI is InChI=1S/C41H44N2O17/c1-18-34(48)23(42-40(54)58-17-57-39(53)20-8-6-19(7-9-20)15-43-27(46)10-11-28(43)47)12-29(59-18)60-25-14-41(55,26(45)16-44)13-22-31(25)38(52)33-32(36(22)50)35(49)21-4-3-5-24(56-2)30(21)37(33)51/h3-5,10-11,18-20,23,25,29,34,44,48,50,52,55H,6-9,12-17H2,1-2H3,(H,42,54)/t18-,19?,20?,23-,25-,29-,34+,41-/m0/s1. The molecule has 19 nitrogen and oxygen atoms in total. The van der Waals surface area contributed by atoms with E-state index >= 15 is 0 Å². The van der Waals surface area contributed by atoms with Gasteiger partial charge in [0.05, 0.1) is 48.0 Å². The summed E-state index contributed by atoms with van der Waals surface area (Å²) in [6.45, 7) is -0.134. The first-order chi connectivity index (χ1) is 28.6. The zero-order chi connectivity index (χ0) is 43.2. The number of esters is 1. The third kappa shape index (κ3) is 7.74. The minimum atomic E-state index is -2.39. The number of carbonyl (C=O) groups excluding carboxylic acids is 7. The second-order valence-electron chi connectivity index (χ2n) is 15.6. The maximum absolute atomic E-state index is 13.9. The van der Waals surface area contributed by atoms with Crippen LogP contribution in [0.15, 0.2) is 30.4 Å². The summed E-state index contributed by atoms with van der Waals surface area (Å²) in [6.07, 6.45) is -3.40. The summed E-state index contributed by atoms with van der Waals surface area (Å²) >= 11 is 0. The molecule has 0 bridgehead atoms. The Balaban J connectivity index is 1.02. The number of benzene rings is 2. The first-order valence-corrected chi connectivity index (χ1v) is 19.4. The average Bonchev–Trinajstić information content (AvgIpc) is 3.54. The normalized spacial score (nSPS) is 28.4. The number of rotatable bonds is 11. The minimum Gasteiger partial charge on any atom is -0.507 e. The number of Topliss-reactive ketones (excluding diaryl/α,β-unsaturated/α-hetero) is 1. The highest BCUT2D eigenvalue weighted by Gasteiger charge is 2.50. The maximum atomic E-state index is 13.9. The number of aromatic hydroxyl groups is 2. The van der Waals surface area contributed by atoms with Crippen LogP contribution >= 0.6 is 0 Å². The molecule has 2 fully saturated rings. The molecular weight excluding hydrogens is 792 g/mol. The van der Waals surface area contributed by atoms with Crippen molar-refractivity contribution in [3.05, 3.63) is 63.7 Å². The number of fused-ring (bicyclic) bond motifs is 3. The molecular formula is C41H44N2O17. The van der Waals surface area contributed by atoms with Crippen molar-refractivity contribution in [2.45, 2.75) is 88.1 Å². The van der Waals surface area contributed by atoms with Gasteiger partial charge in [-0.05, 0) is 44.6 Å². The number of carbonyl (C=O) groups is 7. The Morgan fingerprint density at radius 1 is 0.950 bits per heavy atom. The summed E-state index contributed by atoms with van der Waals surface area (Å²) in [4.78, 5) is 91.1. The number of imide groups is 1. The molecule has 3 aliphatic carbocycles. The molecule has 2 aliphatic heterocycles. The predicted molar refractivity (Wildman–Crippen MR) is 199 cm³/mol. The summed E-state index contributed by atoms with van der Waals surface area (Å²) in [7, 11) is 1.29. The van der Waals surface area contributed by atoms with Gasteiger partial charge in [0.1, 0.15) is 35.6 Å². The molecule has 0 unspecified atom stereocenters. The molecule has 6 N–H and O–H groups in total. The Kier molecular flexibility index (Phi) is 11.8. The number of ether oxygens (including phenoxy) is 5. The van der Waals surface area contributed by atoms with Gasteiger partial charge in [-0.15, -0.1) is 0 Å². The lowest BCUT2D eigenvalue weighted by Crippen LogP contribution is -2.56. The molecule has 2 heterocycles. The molecule has 60 heavy (non-hydrogen) atoms. The molecule has 6 atom stereocenters. The maximum Gasteiger partial charge on any atom is 0.410 e. The van der Waals surface area contributed by atoms with Gasteiger partial charge in [0, 0.05) is 54.6 Å². The highest BCUT2D eigenvalue weighted by molar-refractivity contribution is 6.31. The molecule has 19 heteroatoms. The van der Waals surface area contributed by atoms with Gasteiger partial charge in [-0.2, -0.15) is 0 Å². The molecule has 5 aliphatic rings. The lowest BCUT2D eigenvalue weighted by molar-refractivity contribution is -0.249. The van der Waals surface area contributed by atoms with Gasteiger partial charge in [0.2, 0.25) is 12.6 Å². The summed E-state index contributed by atoms with van der Waals surface area (Å²) in [6, 6.07) is 3.14. The summed E-state index contributed by atoms with van der Waals surface area (Å²) in [5, 5.41) is 58.0. The zero-order valence-electron chi connectivity index (χ0n) is 32.6. The molecule has 1 saturated heterocycles. The number of methoxy groups -OCH3 is 1. The number of amides is 3. The van der Waals surface area contributed by atoms with Gasteiger partial charge in [0.15, 0.2) is 17.9 Å². The highest BCUT2D eigenvalue weighted by Crippen LogP contribution is 2.52. The van der Waals surface area contributed by atoms with Crippen LogP contribution in [-0.4, -0.2) is 129 Å². The van der Waals surface area contributed by atoms with E-state index < -0.39 is 120 Å². The number of alkyl carbamates (subject to hydrolysis) is 1. The number of hydrogen-bond donors (Lipinski definition) is 6. The van der Waals surface area contributed by atoms with E-state index in [4.69, 9.17) is 23.7 Å². The van der Waals surface area contributed by atoms with E-state index in [9.17, 15) is 59.1 Å². The van der Waals surface area contributed by atoms with E-state index in [0.29, 0.717) is 25.7 Å². The van der Waals surface area contributed by atoms with Crippen molar-refractivity contribution in [3.63, 3.8) is 0 Å². The van der Waals surface area contributed by atoms with Crippen molar-refractivity contribution in [1.82, 2.24) is 10.2 Å². The molecule has 0 aromatic heterocycles. The quantitative estimate of drug-likeness (QED) is 0.0680. The van der Waals surface area contributed by atoms with Crippen molar-refractivity contribution in [1.29, 1.82) is 0 Å². The molecule has 3 amide bonds. The Bertz CT molecular complexity index is 2160. The van der Waals surface area contributed by atoms with Crippen molar-refractivity contribution in [2.24, 2.45) is 11.8 Å². The number of aliphatic hydroxyl groups excluding tert-OH is 2.